The van der Waals surface area contributed by atoms with Crippen molar-refractivity contribution >= 4 is 12.1 Å². The first-order valence-electron chi connectivity index (χ1n) is 7.73. The Morgan fingerprint density at radius 2 is 2.08 bits per heavy atom. The molecule has 3 atom stereocenters. The minimum atomic E-state index is -0.612. The summed E-state index contributed by atoms with van der Waals surface area (Å²) in [6, 6.07) is 8.55. The van der Waals surface area contributed by atoms with Gasteiger partial charge in [0.25, 0.3) is 0 Å². The molecule has 1 aliphatic carbocycles. The molecule has 128 valence electrons. The molecular weight excluding hydrogens is 312 g/mol. The maximum atomic E-state index is 12.0. The average molecular weight is 332 g/mol. The Balaban J connectivity index is 1.95. The zero-order valence-corrected chi connectivity index (χ0v) is 13.4. The molecular formula is C16H20N4O4. The van der Waals surface area contributed by atoms with Crippen LogP contribution in [0.1, 0.15) is 24.8 Å². The molecule has 1 aromatic carbocycles. The lowest BCUT2D eigenvalue weighted by Gasteiger charge is -2.32. The van der Waals surface area contributed by atoms with Crippen LogP contribution in [0.2, 0.25) is 0 Å². The fourth-order valence-electron chi connectivity index (χ4n) is 2.84. The van der Waals surface area contributed by atoms with Gasteiger partial charge in [-0.1, -0.05) is 35.4 Å². The quantitative estimate of drug-likeness (QED) is 0.386. The van der Waals surface area contributed by atoms with Gasteiger partial charge in [0.15, 0.2) is 0 Å². The topological polar surface area (TPSA) is 113 Å². The minimum Gasteiger partial charge on any atom is -0.469 e. The third-order valence-electron chi connectivity index (χ3n) is 4.06. The molecule has 1 aliphatic rings. The number of ether oxygens (including phenoxy) is 2. The second-order valence-electron chi connectivity index (χ2n) is 5.61. The van der Waals surface area contributed by atoms with Crippen molar-refractivity contribution in [1.29, 1.82) is 0 Å². The summed E-state index contributed by atoms with van der Waals surface area (Å²) in [5.41, 5.74) is 9.44. The maximum Gasteiger partial charge on any atom is 0.407 e. The van der Waals surface area contributed by atoms with Crippen LogP contribution in [0, 0.1) is 5.92 Å². The van der Waals surface area contributed by atoms with E-state index < -0.39 is 18.1 Å². The second-order valence-corrected chi connectivity index (χ2v) is 5.61. The highest BCUT2D eigenvalue weighted by Gasteiger charge is 2.36. The summed E-state index contributed by atoms with van der Waals surface area (Å²) < 4.78 is 9.97. The standard InChI is InChI=1S/C16H20N4O4/c1-23-15(21)13-8-7-12(19-20-17)9-14(13)18-16(22)24-10-11-5-3-2-4-6-11/h2-6,12-14H,7-10H2,1H3,(H,18,22)/t12-,13-,14+/m0/s1. The van der Waals surface area contributed by atoms with Gasteiger partial charge in [-0.25, -0.2) is 4.79 Å². The number of azide groups is 1. The third-order valence-corrected chi connectivity index (χ3v) is 4.06. The van der Waals surface area contributed by atoms with Gasteiger partial charge in [-0.15, -0.1) is 0 Å². The molecule has 0 bridgehead atoms. The first kappa shape index (κ1) is 17.6. The zero-order chi connectivity index (χ0) is 17.4. The van der Waals surface area contributed by atoms with Gasteiger partial charge in [0.1, 0.15) is 6.61 Å². The molecule has 0 heterocycles. The van der Waals surface area contributed by atoms with Gasteiger partial charge >= 0.3 is 12.1 Å². The molecule has 0 aliphatic heterocycles. The lowest BCUT2D eigenvalue weighted by atomic mass is 9.82. The minimum absolute atomic E-state index is 0.141. The number of benzene rings is 1. The van der Waals surface area contributed by atoms with Crippen LogP contribution in [-0.2, 0) is 20.9 Å². The largest absolute Gasteiger partial charge is 0.469 e. The SMILES string of the molecule is COC(=O)[C@H]1CC[C@H](N=[N+]=[N-])C[C@H]1NC(=O)OCc1ccccc1. The number of nitrogens with zero attached hydrogens (tertiary/aromatic N) is 3. The Labute approximate surface area is 139 Å². The fourth-order valence-corrected chi connectivity index (χ4v) is 2.84. The van der Waals surface area contributed by atoms with Crippen molar-refractivity contribution in [2.45, 2.75) is 38.0 Å². The Kier molecular flexibility index (Phi) is 6.45. The molecule has 1 aromatic rings. The van der Waals surface area contributed by atoms with E-state index in [0.29, 0.717) is 19.3 Å². The molecule has 0 saturated heterocycles. The first-order valence-corrected chi connectivity index (χ1v) is 7.73. The number of esters is 1. The molecule has 1 N–H and O–H groups in total. The monoisotopic (exact) mass is 332 g/mol. The Morgan fingerprint density at radius 3 is 2.75 bits per heavy atom. The van der Waals surface area contributed by atoms with E-state index in [2.05, 4.69) is 15.3 Å². The van der Waals surface area contributed by atoms with E-state index in [9.17, 15) is 9.59 Å². The number of carbonyl (C=O) groups excluding carboxylic acids is 2. The zero-order valence-electron chi connectivity index (χ0n) is 13.4. The average Bonchev–Trinajstić information content (AvgIpc) is 2.61. The molecule has 1 fully saturated rings. The van der Waals surface area contributed by atoms with Gasteiger partial charge in [0, 0.05) is 17.0 Å². The summed E-state index contributed by atoms with van der Waals surface area (Å²) in [6.07, 6.45) is 0.838. The van der Waals surface area contributed by atoms with Crippen molar-refractivity contribution in [3.8, 4) is 0 Å². The molecule has 8 heteroatoms. The van der Waals surface area contributed by atoms with Crippen LogP contribution in [0.4, 0.5) is 4.79 Å². The molecule has 0 radical (unpaired) electrons. The van der Waals surface area contributed by atoms with Crippen LogP contribution >= 0.6 is 0 Å². The fraction of sp³-hybridized carbons (Fsp3) is 0.500. The Hall–Kier alpha value is -2.73. The summed E-state index contributed by atoms with van der Waals surface area (Å²) in [5.74, 6) is -0.854. The molecule has 8 nitrogen and oxygen atoms in total. The molecule has 0 spiro atoms. The lowest BCUT2D eigenvalue weighted by molar-refractivity contribution is -0.147. The number of hydrogen-bond donors (Lipinski definition) is 1. The maximum absolute atomic E-state index is 12.0. The van der Waals surface area contributed by atoms with Crippen LogP contribution in [0.15, 0.2) is 35.4 Å². The summed E-state index contributed by atoms with van der Waals surface area (Å²) >= 11 is 0. The summed E-state index contributed by atoms with van der Waals surface area (Å²) in [4.78, 5) is 26.7. The van der Waals surface area contributed by atoms with E-state index in [0.717, 1.165) is 5.56 Å². The smallest absolute Gasteiger partial charge is 0.407 e. The van der Waals surface area contributed by atoms with Crippen LogP contribution < -0.4 is 5.32 Å². The van der Waals surface area contributed by atoms with Crippen molar-refractivity contribution in [2.24, 2.45) is 11.0 Å². The number of hydrogen-bond acceptors (Lipinski definition) is 5. The molecule has 2 rings (SSSR count). The highest BCUT2D eigenvalue weighted by atomic mass is 16.5. The van der Waals surface area contributed by atoms with E-state index >= 15 is 0 Å². The number of amides is 1. The normalized spacial score (nSPS) is 22.8. The van der Waals surface area contributed by atoms with Gasteiger partial charge in [0.05, 0.1) is 13.0 Å². The molecule has 1 saturated carbocycles. The van der Waals surface area contributed by atoms with E-state index in [4.69, 9.17) is 15.0 Å². The van der Waals surface area contributed by atoms with Crippen molar-refractivity contribution in [2.75, 3.05) is 7.11 Å². The molecule has 0 unspecified atom stereocenters. The highest BCUT2D eigenvalue weighted by Crippen LogP contribution is 2.28. The van der Waals surface area contributed by atoms with Crippen LogP contribution in [0.3, 0.4) is 0 Å². The van der Waals surface area contributed by atoms with Gasteiger partial charge in [-0.05, 0) is 30.4 Å². The van der Waals surface area contributed by atoms with Crippen molar-refractivity contribution in [3.05, 3.63) is 46.3 Å². The highest BCUT2D eigenvalue weighted by molar-refractivity contribution is 5.75. The third kappa shape index (κ3) is 4.89. The van der Waals surface area contributed by atoms with E-state index in [1.807, 2.05) is 30.3 Å². The van der Waals surface area contributed by atoms with Gasteiger partial charge in [-0.3, -0.25) is 4.79 Å². The van der Waals surface area contributed by atoms with Gasteiger partial charge in [-0.2, -0.15) is 0 Å². The van der Waals surface area contributed by atoms with E-state index in [1.54, 1.807) is 0 Å². The lowest BCUT2D eigenvalue weighted by Crippen LogP contribution is -2.48. The number of methoxy groups -OCH3 is 1. The predicted molar refractivity (Wildman–Crippen MR) is 85.8 cm³/mol. The van der Waals surface area contributed by atoms with Crippen molar-refractivity contribution in [3.63, 3.8) is 0 Å². The Morgan fingerprint density at radius 1 is 1.33 bits per heavy atom. The molecule has 0 aromatic heterocycles. The van der Waals surface area contributed by atoms with Crippen LogP contribution in [0.5, 0.6) is 0 Å². The Bertz CT molecular complexity index is 616. The number of nitrogens with one attached hydrogen (secondary N) is 1. The van der Waals surface area contributed by atoms with Crippen LogP contribution in [-0.4, -0.2) is 31.3 Å². The molecule has 1 amide bonds. The predicted octanol–water partition coefficient (Wildman–Crippen LogP) is 2.93. The second kappa shape index (κ2) is 8.79. The van der Waals surface area contributed by atoms with Gasteiger partial charge in [0.2, 0.25) is 0 Å². The summed E-state index contributed by atoms with van der Waals surface area (Å²) in [5, 5.41) is 6.39. The number of alkyl carbamates (subject to hydrolysis) is 1. The number of carbonyl (C=O) groups is 2. The van der Waals surface area contributed by atoms with Crippen molar-refractivity contribution in [1.82, 2.24) is 5.32 Å². The van der Waals surface area contributed by atoms with E-state index in [1.165, 1.54) is 7.11 Å². The molecule has 24 heavy (non-hydrogen) atoms. The van der Waals surface area contributed by atoms with E-state index in [-0.39, 0.29) is 18.6 Å². The number of rotatable bonds is 5. The summed E-state index contributed by atoms with van der Waals surface area (Å²) in [7, 11) is 1.31. The van der Waals surface area contributed by atoms with Crippen LogP contribution in [0.25, 0.3) is 10.4 Å². The summed E-state index contributed by atoms with van der Waals surface area (Å²) in [6.45, 7) is 0.141. The first-order chi connectivity index (χ1) is 11.6. The van der Waals surface area contributed by atoms with Crippen molar-refractivity contribution < 1.29 is 19.1 Å². The van der Waals surface area contributed by atoms with Gasteiger partial charge < -0.3 is 14.8 Å².